The molecule has 2 rings (SSSR count). The minimum atomic E-state index is -0.830. The normalized spacial score (nSPS) is 10.2. The number of hydrogen-bond acceptors (Lipinski definition) is 5. The highest BCUT2D eigenvalue weighted by Gasteiger charge is 2.16. The lowest BCUT2D eigenvalue weighted by atomic mass is 10.2. The van der Waals surface area contributed by atoms with E-state index in [1.165, 1.54) is 12.1 Å². The lowest BCUT2D eigenvalue weighted by Crippen LogP contribution is -2.29. The van der Waals surface area contributed by atoms with Crippen molar-refractivity contribution in [2.24, 2.45) is 0 Å². The lowest BCUT2D eigenvalue weighted by Gasteiger charge is -2.10. The topological polar surface area (TPSA) is 118 Å². The Kier molecular flexibility index (Phi) is 5.64. The van der Waals surface area contributed by atoms with Gasteiger partial charge in [0.05, 0.1) is 31.9 Å². The van der Waals surface area contributed by atoms with E-state index in [-0.39, 0.29) is 20.8 Å². The molecule has 0 aliphatic heterocycles. The third-order valence-corrected chi connectivity index (χ3v) is 4.04. The summed E-state index contributed by atoms with van der Waals surface area (Å²) in [6, 6.07) is 5.04. The Morgan fingerprint density at radius 2 is 1.88 bits per heavy atom. The molecule has 25 heavy (non-hydrogen) atoms. The van der Waals surface area contributed by atoms with Crippen LogP contribution < -0.4 is 10.9 Å². The molecule has 128 valence electrons. The SMILES string of the molecule is N#Cc1cc([N+](=O)[O-])cn(CC(=O)Nc2cc(Cl)c(Cl)cc2Cl)c1=O. The van der Waals surface area contributed by atoms with Crippen molar-refractivity contribution in [3.8, 4) is 6.07 Å². The lowest BCUT2D eigenvalue weighted by molar-refractivity contribution is -0.385. The molecule has 11 heteroatoms. The van der Waals surface area contributed by atoms with Gasteiger partial charge in [0, 0.05) is 6.07 Å². The molecule has 0 saturated carbocycles. The number of rotatable bonds is 4. The number of nitro groups is 1. The zero-order valence-corrected chi connectivity index (χ0v) is 14.4. The van der Waals surface area contributed by atoms with E-state index in [0.717, 1.165) is 16.8 Å². The van der Waals surface area contributed by atoms with Crippen molar-refractivity contribution in [2.45, 2.75) is 6.54 Å². The van der Waals surface area contributed by atoms with Crippen LogP contribution in [0.25, 0.3) is 0 Å². The number of nitriles is 1. The maximum absolute atomic E-state index is 12.1. The van der Waals surface area contributed by atoms with Gasteiger partial charge in [-0.15, -0.1) is 0 Å². The summed E-state index contributed by atoms with van der Waals surface area (Å²) in [5.41, 5.74) is -1.62. The molecule has 1 aromatic heterocycles. The first kappa shape index (κ1) is 18.7. The van der Waals surface area contributed by atoms with E-state index in [2.05, 4.69) is 5.32 Å². The van der Waals surface area contributed by atoms with Gasteiger partial charge < -0.3 is 5.32 Å². The van der Waals surface area contributed by atoms with Crippen LogP contribution >= 0.6 is 34.8 Å². The van der Waals surface area contributed by atoms with Crippen LogP contribution in [0.1, 0.15) is 5.56 Å². The number of pyridine rings is 1. The number of carbonyl (C=O) groups is 1. The molecule has 0 aliphatic carbocycles. The first-order chi connectivity index (χ1) is 11.7. The molecular weight excluding hydrogens is 395 g/mol. The number of amides is 1. The van der Waals surface area contributed by atoms with E-state index in [9.17, 15) is 19.7 Å². The van der Waals surface area contributed by atoms with Crippen molar-refractivity contribution in [2.75, 3.05) is 5.32 Å². The monoisotopic (exact) mass is 400 g/mol. The van der Waals surface area contributed by atoms with Gasteiger partial charge >= 0.3 is 0 Å². The Balaban J connectivity index is 2.31. The van der Waals surface area contributed by atoms with Gasteiger partial charge in [-0.1, -0.05) is 34.8 Å². The highest BCUT2D eigenvalue weighted by Crippen LogP contribution is 2.32. The highest BCUT2D eigenvalue weighted by molar-refractivity contribution is 6.44. The Hall–Kier alpha value is -2.60. The Morgan fingerprint density at radius 1 is 1.24 bits per heavy atom. The van der Waals surface area contributed by atoms with Crippen molar-refractivity contribution >= 4 is 52.1 Å². The summed E-state index contributed by atoms with van der Waals surface area (Å²) in [4.78, 5) is 34.2. The maximum Gasteiger partial charge on any atom is 0.287 e. The molecule has 1 heterocycles. The molecule has 0 atom stereocenters. The maximum atomic E-state index is 12.1. The van der Waals surface area contributed by atoms with Crippen LogP contribution in [0.4, 0.5) is 11.4 Å². The fraction of sp³-hybridized carbons (Fsp3) is 0.0714. The van der Waals surface area contributed by atoms with Crippen LogP contribution in [-0.4, -0.2) is 15.4 Å². The van der Waals surface area contributed by atoms with Gasteiger partial charge in [-0.3, -0.25) is 24.3 Å². The standard InChI is InChI=1S/C14H7Cl3N4O4/c15-9-2-11(17)12(3-10(9)16)19-13(22)6-20-5-8(21(24)25)1-7(4-18)14(20)23/h1-3,5H,6H2,(H,19,22). The smallest absolute Gasteiger partial charge is 0.287 e. The Bertz CT molecular complexity index is 981. The van der Waals surface area contributed by atoms with E-state index in [0.29, 0.717) is 0 Å². The van der Waals surface area contributed by atoms with E-state index in [4.69, 9.17) is 40.1 Å². The predicted molar refractivity (Wildman–Crippen MR) is 92.2 cm³/mol. The van der Waals surface area contributed by atoms with Gasteiger partial charge in [0.25, 0.3) is 11.2 Å². The second-order valence-corrected chi connectivity index (χ2v) is 5.93. The molecule has 8 nitrogen and oxygen atoms in total. The molecule has 0 radical (unpaired) electrons. The Labute approximate surface area is 155 Å². The largest absolute Gasteiger partial charge is 0.323 e. The van der Waals surface area contributed by atoms with Gasteiger partial charge in [-0.2, -0.15) is 5.26 Å². The molecule has 1 N–H and O–H groups in total. The minimum Gasteiger partial charge on any atom is -0.323 e. The molecule has 0 unspecified atom stereocenters. The van der Waals surface area contributed by atoms with E-state index < -0.39 is 34.2 Å². The summed E-state index contributed by atoms with van der Waals surface area (Å²) >= 11 is 17.6. The molecule has 0 aliphatic rings. The number of halogens is 3. The van der Waals surface area contributed by atoms with Crippen LogP contribution in [0.2, 0.25) is 15.1 Å². The fourth-order valence-corrected chi connectivity index (χ4v) is 2.47. The summed E-state index contributed by atoms with van der Waals surface area (Å²) < 4.78 is 0.761. The third kappa shape index (κ3) is 4.28. The summed E-state index contributed by atoms with van der Waals surface area (Å²) in [6.07, 6.45) is 0.874. The van der Waals surface area contributed by atoms with E-state index in [1.807, 2.05) is 0 Å². The minimum absolute atomic E-state index is 0.117. The number of benzene rings is 1. The van der Waals surface area contributed by atoms with E-state index in [1.54, 1.807) is 6.07 Å². The average molecular weight is 402 g/mol. The van der Waals surface area contributed by atoms with E-state index >= 15 is 0 Å². The molecule has 2 aromatic rings. The molecule has 0 bridgehead atoms. The van der Waals surface area contributed by atoms with Gasteiger partial charge in [-0.25, -0.2) is 0 Å². The molecule has 1 amide bonds. The van der Waals surface area contributed by atoms with Gasteiger partial charge in [-0.05, 0) is 12.1 Å². The van der Waals surface area contributed by atoms with Crippen molar-refractivity contribution in [1.82, 2.24) is 4.57 Å². The summed E-state index contributed by atoms with van der Waals surface area (Å²) in [7, 11) is 0. The van der Waals surface area contributed by atoms with Crippen LogP contribution in [0, 0.1) is 21.4 Å². The Morgan fingerprint density at radius 3 is 2.48 bits per heavy atom. The van der Waals surface area contributed by atoms with Crippen LogP contribution in [-0.2, 0) is 11.3 Å². The van der Waals surface area contributed by atoms with Crippen LogP contribution in [0.5, 0.6) is 0 Å². The first-order valence-corrected chi connectivity index (χ1v) is 7.59. The van der Waals surface area contributed by atoms with Crippen LogP contribution in [0.3, 0.4) is 0 Å². The second kappa shape index (κ2) is 7.53. The number of nitrogens with zero attached hydrogens (tertiary/aromatic N) is 3. The quantitative estimate of drug-likeness (QED) is 0.479. The summed E-state index contributed by atoms with van der Waals surface area (Å²) in [6.45, 7) is -0.564. The number of hydrogen-bond donors (Lipinski definition) is 1. The highest BCUT2D eigenvalue weighted by atomic mass is 35.5. The van der Waals surface area contributed by atoms with Gasteiger partial charge in [0.2, 0.25) is 5.91 Å². The molecule has 0 spiro atoms. The summed E-state index contributed by atoms with van der Waals surface area (Å²) in [5.74, 6) is -0.702. The summed E-state index contributed by atoms with van der Waals surface area (Å²) in [5, 5.41) is 22.6. The van der Waals surface area contributed by atoms with Gasteiger partial charge in [0.15, 0.2) is 0 Å². The zero-order chi connectivity index (χ0) is 18.7. The van der Waals surface area contributed by atoms with Crippen molar-refractivity contribution < 1.29 is 9.72 Å². The predicted octanol–water partition coefficient (Wildman–Crippen LogP) is 3.23. The number of aromatic nitrogens is 1. The number of anilines is 1. The molecule has 0 saturated heterocycles. The molecule has 0 fully saturated rings. The first-order valence-electron chi connectivity index (χ1n) is 6.46. The fourth-order valence-electron chi connectivity index (χ4n) is 1.88. The number of nitrogens with one attached hydrogen (secondary N) is 1. The molecular formula is C14H7Cl3N4O4. The zero-order valence-electron chi connectivity index (χ0n) is 12.1. The van der Waals surface area contributed by atoms with Crippen molar-refractivity contribution in [3.05, 3.63) is 65.5 Å². The average Bonchev–Trinajstić information content (AvgIpc) is 2.54. The van der Waals surface area contributed by atoms with Crippen molar-refractivity contribution in [1.29, 1.82) is 5.26 Å². The van der Waals surface area contributed by atoms with Crippen LogP contribution in [0.15, 0.2) is 29.2 Å². The second-order valence-electron chi connectivity index (χ2n) is 4.71. The van der Waals surface area contributed by atoms with Gasteiger partial charge in [0.1, 0.15) is 18.2 Å². The van der Waals surface area contributed by atoms with Crippen molar-refractivity contribution in [3.63, 3.8) is 0 Å². The molecule has 1 aromatic carbocycles. The third-order valence-electron chi connectivity index (χ3n) is 3.00. The number of carbonyl (C=O) groups excluding carboxylic acids is 1.